The molecule has 2 N–H and O–H groups in total. The molecule has 0 radical (unpaired) electrons. The summed E-state index contributed by atoms with van der Waals surface area (Å²) in [4.78, 5) is 10.7. The summed E-state index contributed by atoms with van der Waals surface area (Å²) in [5.41, 5.74) is 0.998. The fourth-order valence-corrected chi connectivity index (χ4v) is 2.85. The number of phenols is 1. The first kappa shape index (κ1) is 11.0. The number of phenolic OH excluding ortho intramolecular Hbond substituents is 1. The highest BCUT2D eigenvalue weighted by Gasteiger charge is 2.14. The number of aliphatic carboxylic acids is 1. The van der Waals surface area contributed by atoms with Gasteiger partial charge in [0.05, 0.1) is 6.42 Å². The zero-order chi connectivity index (χ0) is 11.7. The third-order valence-electron chi connectivity index (χ3n) is 2.60. The molecule has 1 heterocycles. The summed E-state index contributed by atoms with van der Waals surface area (Å²) in [7, 11) is 0. The molecule has 0 saturated carbocycles. The van der Waals surface area contributed by atoms with Gasteiger partial charge in [-0.2, -0.15) is 0 Å². The number of hydrogen-bond acceptors (Lipinski definition) is 3. The minimum Gasteiger partial charge on any atom is -0.508 e. The van der Waals surface area contributed by atoms with Crippen molar-refractivity contribution in [1.82, 2.24) is 0 Å². The quantitative estimate of drug-likeness (QED) is 0.860. The van der Waals surface area contributed by atoms with Crippen LogP contribution in [0.1, 0.15) is 24.8 Å². The van der Waals surface area contributed by atoms with Crippen LogP contribution in [0.25, 0.3) is 10.1 Å². The van der Waals surface area contributed by atoms with Gasteiger partial charge in [0.15, 0.2) is 0 Å². The Morgan fingerprint density at radius 2 is 2.25 bits per heavy atom. The predicted octanol–water partition coefficient (Wildman–Crippen LogP) is 3.19. The molecule has 1 atom stereocenters. The number of carboxylic acids is 1. The van der Waals surface area contributed by atoms with E-state index in [0.717, 1.165) is 15.6 Å². The van der Waals surface area contributed by atoms with E-state index in [0.29, 0.717) is 0 Å². The summed E-state index contributed by atoms with van der Waals surface area (Å²) >= 11 is 1.57. The number of thiophene rings is 1. The van der Waals surface area contributed by atoms with Gasteiger partial charge in [-0.15, -0.1) is 11.3 Å². The Hall–Kier alpha value is -1.55. The molecule has 0 aliphatic heterocycles. The molecule has 1 aromatic heterocycles. The molecule has 3 nitrogen and oxygen atoms in total. The normalized spacial score (nSPS) is 12.8. The van der Waals surface area contributed by atoms with E-state index in [-0.39, 0.29) is 18.1 Å². The van der Waals surface area contributed by atoms with Crippen LogP contribution in [0.4, 0.5) is 0 Å². The summed E-state index contributed by atoms with van der Waals surface area (Å²) in [5, 5.41) is 21.1. The molecular weight excluding hydrogens is 224 g/mol. The van der Waals surface area contributed by atoms with Crippen LogP contribution in [0.2, 0.25) is 0 Å². The van der Waals surface area contributed by atoms with Gasteiger partial charge in [-0.1, -0.05) is 6.92 Å². The molecule has 0 aliphatic rings. The summed E-state index contributed by atoms with van der Waals surface area (Å²) in [6, 6.07) is 5.19. The number of carboxylic acid groups (broad SMARTS) is 1. The molecule has 0 amide bonds. The van der Waals surface area contributed by atoms with E-state index in [2.05, 4.69) is 0 Å². The lowest BCUT2D eigenvalue weighted by molar-refractivity contribution is -0.137. The van der Waals surface area contributed by atoms with Gasteiger partial charge in [0, 0.05) is 4.70 Å². The molecule has 2 rings (SSSR count). The maximum Gasteiger partial charge on any atom is 0.303 e. The van der Waals surface area contributed by atoms with Gasteiger partial charge in [-0.25, -0.2) is 0 Å². The standard InChI is InChI=1S/C12H12O3S/c1-7(4-12(14)15)10-6-16-11-3-2-8(13)5-9(10)11/h2-3,5-7,13H,4H2,1H3,(H,14,15). The maximum atomic E-state index is 10.7. The van der Waals surface area contributed by atoms with E-state index in [4.69, 9.17) is 5.11 Å². The SMILES string of the molecule is CC(CC(=O)O)c1csc2ccc(O)cc12. The van der Waals surface area contributed by atoms with E-state index >= 15 is 0 Å². The smallest absolute Gasteiger partial charge is 0.303 e. The van der Waals surface area contributed by atoms with Crippen LogP contribution in [0.3, 0.4) is 0 Å². The van der Waals surface area contributed by atoms with E-state index in [9.17, 15) is 9.90 Å². The van der Waals surface area contributed by atoms with Crippen molar-refractivity contribution in [1.29, 1.82) is 0 Å². The third kappa shape index (κ3) is 2.02. The Labute approximate surface area is 97.0 Å². The van der Waals surface area contributed by atoms with Crippen LogP contribution >= 0.6 is 11.3 Å². The number of fused-ring (bicyclic) bond motifs is 1. The molecule has 84 valence electrons. The molecule has 0 aliphatic carbocycles. The van der Waals surface area contributed by atoms with Crippen LogP contribution in [-0.2, 0) is 4.79 Å². The lowest BCUT2D eigenvalue weighted by atomic mass is 9.97. The van der Waals surface area contributed by atoms with Gasteiger partial charge >= 0.3 is 5.97 Å². The van der Waals surface area contributed by atoms with Gasteiger partial charge in [-0.3, -0.25) is 4.79 Å². The van der Waals surface area contributed by atoms with Crippen molar-refractivity contribution < 1.29 is 15.0 Å². The highest BCUT2D eigenvalue weighted by molar-refractivity contribution is 7.17. The highest BCUT2D eigenvalue weighted by Crippen LogP contribution is 2.34. The lowest BCUT2D eigenvalue weighted by Gasteiger charge is -2.07. The molecule has 0 saturated heterocycles. The average molecular weight is 236 g/mol. The van der Waals surface area contributed by atoms with Crippen molar-refractivity contribution in [3.05, 3.63) is 29.1 Å². The van der Waals surface area contributed by atoms with Crippen LogP contribution < -0.4 is 0 Å². The Morgan fingerprint density at radius 1 is 1.50 bits per heavy atom. The van der Waals surface area contributed by atoms with Crippen molar-refractivity contribution in [3.8, 4) is 5.75 Å². The summed E-state index contributed by atoms with van der Waals surface area (Å²) in [6.45, 7) is 1.89. The monoisotopic (exact) mass is 236 g/mol. The van der Waals surface area contributed by atoms with Crippen molar-refractivity contribution in [2.24, 2.45) is 0 Å². The number of hydrogen-bond donors (Lipinski definition) is 2. The van der Waals surface area contributed by atoms with Crippen molar-refractivity contribution in [2.45, 2.75) is 19.3 Å². The van der Waals surface area contributed by atoms with E-state index in [1.807, 2.05) is 18.4 Å². The second kappa shape index (κ2) is 4.14. The number of aromatic hydroxyl groups is 1. The zero-order valence-corrected chi connectivity index (χ0v) is 9.62. The average Bonchev–Trinajstić information content (AvgIpc) is 2.59. The first-order chi connectivity index (χ1) is 7.58. The maximum absolute atomic E-state index is 10.7. The van der Waals surface area contributed by atoms with Crippen LogP contribution in [-0.4, -0.2) is 16.2 Å². The van der Waals surface area contributed by atoms with Crippen molar-refractivity contribution in [3.63, 3.8) is 0 Å². The van der Waals surface area contributed by atoms with Crippen LogP contribution in [0, 0.1) is 0 Å². The molecule has 1 unspecified atom stereocenters. The topological polar surface area (TPSA) is 57.5 Å². The first-order valence-electron chi connectivity index (χ1n) is 5.00. The fourth-order valence-electron chi connectivity index (χ4n) is 1.79. The molecule has 4 heteroatoms. The van der Waals surface area contributed by atoms with Crippen LogP contribution in [0.15, 0.2) is 23.6 Å². The van der Waals surface area contributed by atoms with Gasteiger partial charge in [-0.05, 0) is 40.4 Å². The Bertz CT molecular complexity index is 530. The van der Waals surface area contributed by atoms with Gasteiger partial charge < -0.3 is 10.2 Å². The predicted molar refractivity (Wildman–Crippen MR) is 64.2 cm³/mol. The number of carbonyl (C=O) groups is 1. The molecule has 16 heavy (non-hydrogen) atoms. The first-order valence-corrected chi connectivity index (χ1v) is 5.88. The Balaban J connectivity index is 2.44. The minimum absolute atomic E-state index is 0.0342. The Morgan fingerprint density at radius 3 is 2.94 bits per heavy atom. The summed E-state index contributed by atoms with van der Waals surface area (Å²) in [5.74, 6) is -0.616. The third-order valence-corrected chi connectivity index (χ3v) is 3.58. The lowest BCUT2D eigenvalue weighted by Crippen LogP contribution is -2.01. The van der Waals surface area contributed by atoms with E-state index in [1.54, 1.807) is 23.5 Å². The fraction of sp³-hybridized carbons (Fsp3) is 0.250. The Kier molecular flexibility index (Phi) is 2.83. The van der Waals surface area contributed by atoms with E-state index in [1.165, 1.54) is 0 Å². The summed E-state index contributed by atoms with van der Waals surface area (Å²) < 4.78 is 1.07. The highest BCUT2D eigenvalue weighted by atomic mass is 32.1. The summed E-state index contributed by atoms with van der Waals surface area (Å²) in [6.07, 6.45) is 0.113. The van der Waals surface area contributed by atoms with Gasteiger partial charge in [0.25, 0.3) is 0 Å². The second-order valence-corrected chi connectivity index (χ2v) is 4.78. The largest absolute Gasteiger partial charge is 0.508 e. The van der Waals surface area contributed by atoms with Crippen molar-refractivity contribution >= 4 is 27.4 Å². The zero-order valence-electron chi connectivity index (χ0n) is 8.80. The van der Waals surface area contributed by atoms with Crippen LogP contribution in [0.5, 0.6) is 5.75 Å². The molecule has 0 fully saturated rings. The second-order valence-electron chi connectivity index (χ2n) is 3.87. The molecule has 0 bridgehead atoms. The van der Waals surface area contributed by atoms with Crippen molar-refractivity contribution in [2.75, 3.05) is 0 Å². The minimum atomic E-state index is -0.799. The number of benzene rings is 1. The molecule has 0 spiro atoms. The molecule has 1 aromatic carbocycles. The van der Waals surface area contributed by atoms with Gasteiger partial charge in [0.1, 0.15) is 5.75 Å². The van der Waals surface area contributed by atoms with E-state index < -0.39 is 5.97 Å². The van der Waals surface area contributed by atoms with Gasteiger partial charge in [0.2, 0.25) is 0 Å². The number of rotatable bonds is 3. The molecular formula is C12H12O3S. The molecule has 2 aromatic rings.